The van der Waals surface area contributed by atoms with Crippen molar-refractivity contribution in [3.63, 3.8) is 0 Å². The lowest BCUT2D eigenvalue weighted by Crippen LogP contribution is -2.60. The summed E-state index contributed by atoms with van der Waals surface area (Å²) < 4.78 is 0. The lowest BCUT2D eigenvalue weighted by atomic mass is 9.85. The van der Waals surface area contributed by atoms with Crippen LogP contribution in [0.25, 0.3) is 0 Å². The van der Waals surface area contributed by atoms with Crippen LogP contribution >= 0.6 is 0 Å². The van der Waals surface area contributed by atoms with Gasteiger partial charge in [0.15, 0.2) is 0 Å². The first-order valence-electron chi connectivity index (χ1n) is 6.90. The largest absolute Gasteiger partial charge is 0.358 e. The average Bonchev–Trinajstić information content (AvgIpc) is 2.39. The van der Waals surface area contributed by atoms with Crippen LogP contribution in [0.5, 0.6) is 0 Å². The maximum atomic E-state index is 11.9. The minimum atomic E-state index is 0.0344. The zero-order valence-corrected chi connectivity index (χ0v) is 11.0. The van der Waals surface area contributed by atoms with Gasteiger partial charge in [-0.1, -0.05) is 6.92 Å². The number of amides is 1. The van der Waals surface area contributed by atoms with E-state index in [4.69, 9.17) is 0 Å². The molecule has 4 nitrogen and oxygen atoms in total. The smallest absolute Gasteiger partial charge is 0.238 e. The van der Waals surface area contributed by atoms with Gasteiger partial charge in [-0.2, -0.15) is 0 Å². The predicted molar refractivity (Wildman–Crippen MR) is 68.9 cm³/mol. The lowest BCUT2D eigenvalue weighted by molar-refractivity contribution is -0.128. The Labute approximate surface area is 104 Å². The van der Waals surface area contributed by atoms with Crippen molar-refractivity contribution in [2.45, 2.75) is 44.7 Å². The number of nitrogens with one attached hydrogen (secondary N) is 2. The molecule has 4 heteroatoms. The zero-order chi connectivity index (χ0) is 12.3. The third-order valence-corrected chi connectivity index (χ3v) is 4.29. The summed E-state index contributed by atoms with van der Waals surface area (Å²) in [5.74, 6) is 1.03. The topological polar surface area (TPSA) is 44.4 Å². The first kappa shape index (κ1) is 12.8. The molecular weight excluding hydrogens is 214 g/mol. The molecule has 0 radical (unpaired) electrons. The Morgan fingerprint density at radius 1 is 1.29 bits per heavy atom. The summed E-state index contributed by atoms with van der Waals surface area (Å²) in [7, 11) is 1.73. The van der Waals surface area contributed by atoms with Crippen LogP contribution in [0, 0.1) is 5.92 Å². The second-order valence-corrected chi connectivity index (χ2v) is 5.49. The van der Waals surface area contributed by atoms with E-state index in [1.54, 1.807) is 7.05 Å². The third kappa shape index (κ3) is 2.99. The summed E-state index contributed by atoms with van der Waals surface area (Å²) in [4.78, 5) is 14.3. The highest BCUT2D eigenvalue weighted by molar-refractivity contribution is 5.81. The maximum Gasteiger partial charge on any atom is 0.238 e. The number of piperazine rings is 1. The molecule has 1 aliphatic heterocycles. The molecule has 1 amide bonds. The number of carbonyl (C=O) groups is 1. The second kappa shape index (κ2) is 5.83. The number of likely N-dealkylation sites (N-methyl/N-ethyl adjacent to an activating group) is 1. The Hall–Kier alpha value is -0.610. The summed E-state index contributed by atoms with van der Waals surface area (Å²) in [5.41, 5.74) is 0. The van der Waals surface area contributed by atoms with E-state index >= 15 is 0 Å². The van der Waals surface area contributed by atoms with E-state index in [2.05, 4.69) is 22.5 Å². The van der Waals surface area contributed by atoms with E-state index in [0.29, 0.717) is 6.04 Å². The van der Waals surface area contributed by atoms with Crippen molar-refractivity contribution < 1.29 is 4.79 Å². The average molecular weight is 239 g/mol. The van der Waals surface area contributed by atoms with Gasteiger partial charge in [0.05, 0.1) is 0 Å². The van der Waals surface area contributed by atoms with Crippen LogP contribution in [-0.2, 0) is 4.79 Å². The van der Waals surface area contributed by atoms with E-state index in [1.165, 1.54) is 25.7 Å². The molecular formula is C13H25N3O. The molecule has 0 aromatic carbocycles. The van der Waals surface area contributed by atoms with Gasteiger partial charge in [0.1, 0.15) is 6.04 Å². The molecule has 0 aromatic heterocycles. The first-order chi connectivity index (χ1) is 8.22. The molecule has 1 unspecified atom stereocenters. The van der Waals surface area contributed by atoms with Crippen LogP contribution in [-0.4, -0.2) is 49.6 Å². The predicted octanol–water partition coefficient (Wildman–Crippen LogP) is 0.585. The fourth-order valence-electron chi connectivity index (χ4n) is 3.14. The van der Waals surface area contributed by atoms with Gasteiger partial charge in [-0.3, -0.25) is 9.69 Å². The Bertz CT molecular complexity index is 261. The van der Waals surface area contributed by atoms with Crippen molar-refractivity contribution in [2.24, 2.45) is 5.92 Å². The second-order valence-electron chi connectivity index (χ2n) is 5.49. The standard InChI is InChI=1S/C13H25N3O/c1-10-3-5-11(6-4-10)16-8-7-15-9-12(16)13(17)14-2/h10-12,15H,3-9H2,1-2H3,(H,14,17). The molecule has 2 aliphatic rings. The van der Waals surface area contributed by atoms with Crippen LogP contribution in [0.15, 0.2) is 0 Å². The molecule has 1 atom stereocenters. The SMILES string of the molecule is CNC(=O)C1CNCCN1C1CCC(C)CC1. The van der Waals surface area contributed by atoms with Crippen molar-refractivity contribution in [2.75, 3.05) is 26.7 Å². The zero-order valence-electron chi connectivity index (χ0n) is 11.0. The molecule has 1 heterocycles. The van der Waals surface area contributed by atoms with Crippen molar-refractivity contribution >= 4 is 5.91 Å². The molecule has 1 aliphatic carbocycles. The van der Waals surface area contributed by atoms with Gasteiger partial charge < -0.3 is 10.6 Å². The fraction of sp³-hybridized carbons (Fsp3) is 0.923. The summed E-state index contributed by atoms with van der Waals surface area (Å²) in [6, 6.07) is 0.655. The molecule has 17 heavy (non-hydrogen) atoms. The monoisotopic (exact) mass is 239 g/mol. The molecule has 98 valence electrons. The Morgan fingerprint density at radius 3 is 2.65 bits per heavy atom. The minimum absolute atomic E-state index is 0.0344. The Kier molecular flexibility index (Phi) is 4.40. The summed E-state index contributed by atoms with van der Waals surface area (Å²) in [6.07, 6.45) is 5.15. The Morgan fingerprint density at radius 2 is 2.00 bits per heavy atom. The van der Waals surface area contributed by atoms with Crippen molar-refractivity contribution in [1.82, 2.24) is 15.5 Å². The number of hydrogen-bond donors (Lipinski definition) is 2. The van der Waals surface area contributed by atoms with Gasteiger partial charge in [0, 0.05) is 32.7 Å². The van der Waals surface area contributed by atoms with Gasteiger partial charge in [0.25, 0.3) is 0 Å². The summed E-state index contributed by atoms with van der Waals surface area (Å²) >= 11 is 0. The maximum absolute atomic E-state index is 11.9. The van der Waals surface area contributed by atoms with Crippen LogP contribution < -0.4 is 10.6 Å². The third-order valence-electron chi connectivity index (χ3n) is 4.29. The van der Waals surface area contributed by atoms with E-state index in [1.807, 2.05) is 0 Å². The highest BCUT2D eigenvalue weighted by Gasteiger charge is 2.34. The molecule has 1 saturated carbocycles. The molecule has 0 spiro atoms. The van der Waals surface area contributed by atoms with Gasteiger partial charge >= 0.3 is 0 Å². The minimum Gasteiger partial charge on any atom is -0.358 e. The number of nitrogens with zero attached hydrogens (tertiary/aromatic N) is 1. The number of hydrogen-bond acceptors (Lipinski definition) is 3. The number of rotatable bonds is 2. The fourth-order valence-corrected chi connectivity index (χ4v) is 3.14. The molecule has 2 N–H and O–H groups in total. The summed E-state index contributed by atoms with van der Waals surface area (Å²) in [6.45, 7) is 5.16. The van der Waals surface area contributed by atoms with Gasteiger partial charge in [0.2, 0.25) is 5.91 Å². The van der Waals surface area contributed by atoms with E-state index in [0.717, 1.165) is 25.6 Å². The van der Waals surface area contributed by atoms with E-state index < -0.39 is 0 Å². The highest BCUT2D eigenvalue weighted by Crippen LogP contribution is 2.28. The number of carbonyl (C=O) groups excluding carboxylic acids is 1. The van der Waals surface area contributed by atoms with Crippen LogP contribution in [0.3, 0.4) is 0 Å². The quantitative estimate of drug-likeness (QED) is 0.741. The van der Waals surface area contributed by atoms with Gasteiger partial charge in [-0.05, 0) is 31.6 Å². The van der Waals surface area contributed by atoms with Crippen molar-refractivity contribution in [3.8, 4) is 0 Å². The van der Waals surface area contributed by atoms with Crippen molar-refractivity contribution in [1.29, 1.82) is 0 Å². The van der Waals surface area contributed by atoms with E-state index in [-0.39, 0.29) is 11.9 Å². The molecule has 2 rings (SSSR count). The molecule has 0 aromatic rings. The molecule has 2 fully saturated rings. The van der Waals surface area contributed by atoms with E-state index in [9.17, 15) is 4.79 Å². The van der Waals surface area contributed by atoms with Gasteiger partial charge in [-0.25, -0.2) is 0 Å². The molecule has 1 saturated heterocycles. The Balaban J connectivity index is 1.98. The van der Waals surface area contributed by atoms with Gasteiger partial charge in [-0.15, -0.1) is 0 Å². The molecule has 0 bridgehead atoms. The first-order valence-corrected chi connectivity index (χ1v) is 6.90. The highest BCUT2D eigenvalue weighted by atomic mass is 16.2. The van der Waals surface area contributed by atoms with Crippen LogP contribution in [0.1, 0.15) is 32.6 Å². The van der Waals surface area contributed by atoms with Crippen LogP contribution in [0.4, 0.5) is 0 Å². The van der Waals surface area contributed by atoms with Crippen molar-refractivity contribution in [3.05, 3.63) is 0 Å². The lowest BCUT2D eigenvalue weighted by Gasteiger charge is -2.42. The normalized spacial score (nSPS) is 35.5. The van der Waals surface area contributed by atoms with Crippen LogP contribution in [0.2, 0.25) is 0 Å². The summed E-state index contributed by atoms with van der Waals surface area (Å²) in [5, 5.41) is 6.12.